The highest BCUT2D eigenvalue weighted by molar-refractivity contribution is 14.0. The minimum atomic E-state index is 0. The van der Waals surface area contributed by atoms with Crippen LogP contribution in [0.15, 0.2) is 35.0 Å². The molecule has 0 aliphatic heterocycles. The van der Waals surface area contributed by atoms with Crippen LogP contribution in [0, 0.1) is 5.92 Å². The summed E-state index contributed by atoms with van der Waals surface area (Å²) in [4.78, 5) is 14.3. The molecule has 3 N–H and O–H groups in total. The second kappa shape index (κ2) is 11.1. The van der Waals surface area contributed by atoms with Gasteiger partial charge in [-0.2, -0.15) is 5.10 Å². The van der Waals surface area contributed by atoms with Crippen LogP contribution in [-0.2, 0) is 13.5 Å². The summed E-state index contributed by atoms with van der Waals surface area (Å²) in [5.74, 6) is 2.15. The van der Waals surface area contributed by atoms with Gasteiger partial charge in [0, 0.05) is 38.6 Å². The summed E-state index contributed by atoms with van der Waals surface area (Å²) in [5.41, 5.74) is 0.817. The molecule has 0 saturated carbocycles. The number of nitrogens with zero attached hydrogens (tertiary/aromatic N) is 5. The molecule has 10 heteroatoms. The first kappa shape index (κ1) is 22.3. The van der Waals surface area contributed by atoms with Gasteiger partial charge < -0.3 is 16.0 Å². The fourth-order valence-electron chi connectivity index (χ4n) is 2.80. The highest BCUT2D eigenvalue weighted by Gasteiger charge is 2.08. The first-order valence-corrected chi connectivity index (χ1v) is 9.89. The number of guanidine groups is 1. The minimum Gasteiger partial charge on any atom is -0.368 e. The molecular weight excluding hydrogens is 487 g/mol. The molecule has 152 valence electrons. The second-order valence-electron chi connectivity index (χ2n) is 6.42. The van der Waals surface area contributed by atoms with Gasteiger partial charge in [-0.05, 0) is 23.8 Å². The Hall–Kier alpha value is -1.95. The Morgan fingerprint density at radius 3 is 2.89 bits per heavy atom. The van der Waals surface area contributed by atoms with Crippen LogP contribution in [0.1, 0.15) is 11.8 Å². The van der Waals surface area contributed by atoms with Crippen LogP contribution >= 0.6 is 35.3 Å². The maximum atomic E-state index is 4.30. The molecule has 0 aliphatic carbocycles. The van der Waals surface area contributed by atoms with Gasteiger partial charge in [0.15, 0.2) is 11.6 Å². The molecule has 0 spiro atoms. The standard InChI is InChI=1S/C18H26N8S.HI/c1-13(9-14-5-4-8-27-14)10-22-18(19-2)21-7-6-20-16-15-11-25-26(3)17(15)24-12-23-16;/h4-5,8,11-13H,6-7,9-10H2,1-3H3,(H2,19,21,22)(H,20,23,24);1H. The number of aromatic nitrogens is 4. The molecule has 0 amide bonds. The van der Waals surface area contributed by atoms with Gasteiger partial charge in [-0.3, -0.25) is 9.67 Å². The van der Waals surface area contributed by atoms with Gasteiger partial charge >= 0.3 is 0 Å². The lowest BCUT2D eigenvalue weighted by molar-refractivity contribution is 0.562. The highest BCUT2D eigenvalue weighted by Crippen LogP contribution is 2.17. The summed E-state index contributed by atoms with van der Waals surface area (Å²) in [6.45, 7) is 4.57. The lowest BCUT2D eigenvalue weighted by Gasteiger charge is -2.16. The number of aliphatic imine (C=N–C) groups is 1. The Bertz CT molecular complexity index is 877. The van der Waals surface area contributed by atoms with Gasteiger partial charge in [-0.15, -0.1) is 35.3 Å². The number of rotatable bonds is 8. The zero-order valence-electron chi connectivity index (χ0n) is 16.3. The zero-order chi connectivity index (χ0) is 19.1. The third-order valence-electron chi connectivity index (χ3n) is 4.21. The van der Waals surface area contributed by atoms with Crippen LogP contribution in [0.25, 0.3) is 11.0 Å². The smallest absolute Gasteiger partial charge is 0.191 e. The van der Waals surface area contributed by atoms with Crippen molar-refractivity contribution in [1.29, 1.82) is 0 Å². The predicted molar refractivity (Wildman–Crippen MR) is 127 cm³/mol. The summed E-state index contributed by atoms with van der Waals surface area (Å²) in [7, 11) is 3.66. The van der Waals surface area contributed by atoms with E-state index < -0.39 is 0 Å². The van der Waals surface area contributed by atoms with Crippen molar-refractivity contribution in [2.75, 3.05) is 32.0 Å². The summed E-state index contributed by atoms with van der Waals surface area (Å²) < 4.78 is 1.74. The van der Waals surface area contributed by atoms with Gasteiger partial charge in [0.1, 0.15) is 12.1 Å². The van der Waals surface area contributed by atoms with E-state index in [1.54, 1.807) is 24.3 Å². The van der Waals surface area contributed by atoms with Gasteiger partial charge in [-0.1, -0.05) is 13.0 Å². The van der Waals surface area contributed by atoms with Gasteiger partial charge in [0.05, 0.1) is 11.6 Å². The van der Waals surface area contributed by atoms with Gasteiger partial charge in [0.2, 0.25) is 0 Å². The van der Waals surface area contributed by atoms with Crippen molar-refractivity contribution < 1.29 is 0 Å². The number of nitrogens with one attached hydrogen (secondary N) is 3. The summed E-state index contributed by atoms with van der Waals surface area (Å²) >= 11 is 1.81. The summed E-state index contributed by atoms with van der Waals surface area (Å²) in [6.07, 6.45) is 4.41. The molecule has 8 nitrogen and oxygen atoms in total. The highest BCUT2D eigenvalue weighted by atomic mass is 127. The second-order valence-corrected chi connectivity index (χ2v) is 7.46. The van der Waals surface area contributed by atoms with E-state index in [0.29, 0.717) is 12.5 Å². The van der Waals surface area contributed by atoms with Crippen LogP contribution < -0.4 is 16.0 Å². The number of anilines is 1. The van der Waals surface area contributed by atoms with Crippen molar-refractivity contribution in [3.05, 3.63) is 34.9 Å². The maximum absolute atomic E-state index is 4.30. The van der Waals surface area contributed by atoms with Crippen LogP contribution in [0.3, 0.4) is 0 Å². The molecule has 0 radical (unpaired) electrons. The number of thiophene rings is 1. The number of fused-ring (bicyclic) bond motifs is 1. The topological polar surface area (TPSA) is 92.1 Å². The number of halogens is 1. The van der Waals surface area contributed by atoms with Crippen molar-refractivity contribution in [1.82, 2.24) is 30.4 Å². The molecule has 0 aliphatic rings. The fraction of sp³-hybridized carbons (Fsp3) is 0.444. The molecule has 3 aromatic rings. The Morgan fingerprint density at radius 2 is 2.14 bits per heavy atom. The van der Waals surface area contributed by atoms with E-state index in [-0.39, 0.29) is 24.0 Å². The Morgan fingerprint density at radius 1 is 1.29 bits per heavy atom. The SMILES string of the molecule is CN=C(NCCNc1ncnc2c1cnn2C)NCC(C)Cc1cccs1.I. The number of aryl methyl sites for hydroxylation is 1. The van der Waals surface area contributed by atoms with E-state index >= 15 is 0 Å². The number of hydrogen-bond donors (Lipinski definition) is 3. The monoisotopic (exact) mass is 514 g/mol. The molecule has 1 unspecified atom stereocenters. The Kier molecular flexibility index (Phi) is 8.90. The van der Waals surface area contributed by atoms with Gasteiger partial charge in [-0.25, -0.2) is 9.97 Å². The van der Waals surface area contributed by atoms with Crippen molar-refractivity contribution in [3.8, 4) is 0 Å². The van der Waals surface area contributed by atoms with E-state index in [1.165, 1.54) is 4.88 Å². The average molecular weight is 514 g/mol. The average Bonchev–Trinajstić information content (AvgIpc) is 3.31. The third-order valence-corrected chi connectivity index (χ3v) is 5.11. The molecule has 28 heavy (non-hydrogen) atoms. The van der Waals surface area contributed by atoms with Gasteiger partial charge in [0.25, 0.3) is 0 Å². The normalized spacial score (nSPS) is 12.5. The first-order chi connectivity index (χ1) is 13.2. The van der Waals surface area contributed by atoms with Crippen LogP contribution in [0.2, 0.25) is 0 Å². The Labute approximate surface area is 186 Å². The lowest BCUT2D eigenvalue weighted by atomic mass is 10.1. The van der Waals surface area contributed by atoms with Crippen LogP contribution in [0.4, 0.5) is 5.82 Å². The number of hydrogen-bond acceptors (Lipinski definition) is 6. The van der Waals surface area contributed by atoms with E-state index in [0.717, 1.165) is 42.3 Å². The van der Waals surface area contributed by atoms with Crippen molar-refractivity contribution >= 4 is 58.1 Å². The lowest BCUT2D eigenvalue weighted by Crippen LogP contribution is -2.41. The third kappa shape index (κ3) is 6.03. The van der Waals surface area contributed by atoms with Crippen molar-refractivity contribution in [2.24, 2.45) is 18.0 Å². The summed E-state index contributed by atoms with van der Waals surface area (Å²) in [5, 5.41) is 17.3. The molecule has 0 saturated heterocycles. The molecule has 0 bridgehead atoms. The van der Waals surface area contributed by atoms with E-state index in [4.69, 9.17) is 0 Å². The first-order valence-electron chi connectivity index (χ1n) is 9.01. The van der Waals surface area contributed by atoms with Crippen molar-refractivity contribution in [3.63, 3.8) is 0 Å². The molecule has 3 heterocycles. The molecule has 3 aromatic heterocycles. The molecule has 0 fully saturated rings. The van der Waals surface area contributed by atoms with E-state index in [1.807, 2.05) is 18.4 Å². The fourth-order valence-corrected chi connectivity index (χ4v) is 3.67. The van der Waals surface area contributed by atoms with Crippen LogP contribution in [-0.4, -0.2) is 52.4 Å². The van der Waals surface area contributed by atoms with E-state index in [9.17, 15) is 0 Å². The zero-order valence-corrected chi connectivity index (χ0v) is 19.5. The molecule has 1 atom stereocenters. The van der Waals surface area contributed by atoms with Crippen LogP contribution in [0.5, 0.6) is 0 Å². The molecular formula is C18H27IN8S. The molecule has 0 aromatic carbocycles. The van der Waals surface area contributed by atoms with Crippen molar-refractivity contribution in [2.45, 2.75) is 13.3 Å². The largest absolute Gasteiger partial charge is 0.368 e. The minimum absolute atomic E-state index is 0. The quantitative estimate of drug-likeness (QED) is 0.185. The Balaban J connectivity index is 0.00000280. The predicted octanol–water partition coefficient (Wildman–Crippen LogP) is 2.50. The molecule has 3 rings (SSSR count). The summed E-state index contributed by atoms with van der Waals surface area (Å²) in [6, 6.07) is 4.29. The maximum Gasteiger partial charge on any atom is 0.191 e. The van der Waals surface area contributed by atoms with E-state index in [2.05, 4.69) is 60.4 Å².